The number of nitrogens with one attached hydrogen (secondary N) is 1. The van der Waals surface area contributed by atoms with Gasteiger partial charge in [0, 0.05) is 33.2 Å². The minimum atomic E-state index is -5.31. The van der Waals surface area contributed by atoms with E-state index in [1.54, 1.807) is 37.8 Å². The summed E-state index contributed by atoms with van der Waals surface area (Å²) in [6.45, 7) is 6.93. The molecule has 0 spiro atoms. The number of rotatable bonds is 4. The molecule has 4 rings (SSSR count). The molecule has 2 aromatic rings. The molecule has 0 bridgehead atoms. The van der Waals surface area contributed by atoms with Crippen LogP contribution in [-0.4, -0.2) is 65.2 Å². The lowest BCUT2D eigenvalue weighted by molar-refractivity contribution is -0.203. The summed E-state index contributed by atoms with van der Waals surface area (Å²) in [5.74, 6) is 2.84. The summed E-state index contributed by atoms with van der Waals surface area (Å²) in [5, 5.41) is 3.89. The normalized spacial score (nSPS) is 17.9. The Balaban J connectivity index is 2.06. The van der Waals surface area contributed by atoms with Crippen molar-refractivity contribution in [2.75, 3.05) is 42.7 Å². The number of halogens is 3. The zero-order valence-corrected chi connectivity index (χ0v) is 20.8. The molecule has 13 heteroatoms. The van der Waals surface area contributed by atoms with Gasteiger partial charge >= 0.3 is 17.8 Å². The standard InChI is InChI=1S/C24H27F3N6O4/c1-5-6-9-31-18-19(32(23(36)29(4)20(18)34)17-13-15(2)12-16(3)14-17)33(37-21(35)24(25,26)27)22(31)30-10-7-28-8-11-30/h12-14,22,28H,7-11H2,1-4H3. The van der Waals surface area contributed by atoms with E-state index in [-0.39, 0.29) is 18.1 Å². The summed E-state index contributed by atoms with van der Waals surface area (Å²) in [6.07, 6.45) is -6.45. The third-order valence-corrected chi connectivity index (χ3v) is 6.18. The second-order valence-electron chi connectivity index (χ2n) is 8.89. The molecule has 198 valence electrons. The van der Waals surface area contributed by atoms with Crippen LogP contribution in [0.3, 0.4) is 0 Å². The lowest BCUT2D eigenvalue weighted by Gasteiger charge is -2.40. The Hall–Kier alpha value is -3.76. The highest BCUT2D eigenvalue weighted by atomic mass is 19.4. The predicted molar refractivity (Wildman–Crippen MR) is 130 cm³/mol. The second-order valence-corrected chi connectivity index (χ2v) is 8.89. The van der Waals surface area contributed by atoms with Gasteiger partial charge in [0.25, 0.3) is 5.56 Å². The number of piperazine rings is 1. The first kappa shape index (κ1) is 26.3. The van der Waals surface area contributed by atoms with Crippen LogP contribution < -0.4 is 26.5 Å². The zero-order chi connectivity index (χ0) is 27.1. The Morgan fingerprint density at radius 1 is 1.14 bits per heavy atom. The number of carbonyl (C=O) groups is 1. The first-order valence-electron chi connectivity index (χ1n) is 11.6. The summed E-state index contributed by atoms with van der Waals surface area (Å²) in [4.78, 5) is 47.3. The summed E-state index contributed by atoms with van der Waals surface area (Å²) in [5.41, 5.74) is 0.239. The lowest BCUT2D eigenvalue weighted by atomic mass is 10.1. The average Bonchev–Trinajstić information content (AvgIpc) is 3.14. The number of carbonyl (C=O) groups excluding carboxylic acids is 1. The fourth-order valence-electron chi connectivity index (χ4n) is 4.62. The molecule has 1 aromatic heterocycles. The maximum Gasteiger partial charge on any atom is 0.493 e. The van der Waals surface area contributed by atoms with Crippen molar-refractivity contribution in [2.24, 2.45) is 7.05 Å². The van der Waals surface area contributed by atoms with Crippen LogP contribution in [0.1, 0.15) is 18.1 Å². The smallest absolute Gasteiger partial charge is 0.327 e. The zero-order valence-electron chi connectivity index (χ0n) is 20.8. The van der Waals surface area contributed by atoms with Crippen molar-refractivity contribution >= 4 is 17.5 Å². The summed E-state index contributed by atoms with van der Waals surface area (Å²) in [7, 11) is 1.29. The minimum absolute atomic E-state index is 0.0571. The first-order chi connectivity index (χ1) is 17.5. The molecule has 1 saturated heterocycles. The molecule has 2 aliphatic rings. The van der Waals surface area contributed by atoms with Crippen LogP contribution >= 0.6 is 0 Å². The molecule has 37 heavy (non-hydrogen) atoms. The summed E-state index contributed by atoms with van der Waals surface area (Å²) < 4.78 is 42.2. The van der Waals surface area contributed by atoms with Crippen molar-refractivity contribution in [3.63, 3.8) is 0 Å². The van der Waals surface area contributed by atoms with Crippen LogP contribution in [0.15, 0.2) is 27.8 Å². The van der Waals surface area contributed by atoms with E-state index in [9.17, 15) is 27.6 Å². The maximum absolute atomic E-state index is 13.5. The van der Waals surface area contributed by atoms with E-state index in [1.165, 1.54) is 11.9 Å². The molecule has 1 atom stereocenters. The van der Waals surface area contributed by atoms with E-state index in [0.717, 1.165) is 25.3 Å². The van der Waals surface area contributed by atoms with Crippen molar-refractivity contribution in [1.82, 2.24) is 19.4 Å². The highest BCUT2D eigenvalue weighted by Gasteiger charge is 2.51. The third-order valence-electron chi connectivity index (χ3n) is 6.18. The largest absolute Gasteiger partial charge is 0.493 e. The number of alkyl halides is 3. The number of hydrogen-bond acceptors (Lipinski definition) is 8. The van der Waals surface area contributed by atoms with Gasteiger partial charge in [-0.2, -0.15) is 13.2 Å². The summed E-state index contributed by atoms with van der Waals surface area (Å²) in [6, 6.07) is 5.19. The van der Waals surface area contributed by atoms with Gasteiger partial charge in [-0.05, 0) is 44.0 Å². The highest BCUT2D eigenvalue weighted by Crippen LogP contribution is 2.40. The van der Waals surface area contributed by atoms with Gasteiger partial charge in [0.2, 0.25) is 0 Å². The Kier molecular flexibility index (Phi) is 7.07. The van der Waals surface area contributed by atoms with Crippen molar-refractivity contribution < 1.29 is 22.8 Å². The Labute approximate surface area is 210 Å². The van der Waals surface area contributed by atoms with Gasteiger partial charge in [-0.25, -0.2) is 14.2 Å². The van der Waals surface area contributed by atoms with Crippen LogP contribution in [0, 0.1) is 25.7 Å². The molecule has 3 heterocycles. The van der Waals surface area contributed by atoms with Crippen LogP contribution in [0.4, 0.5) is 24.7 Å². The van der Waals surface area contributed by atoms with Crippen molar-refractivity contribution in [3.8, 4) is 17.5 Å². The van der Waals surface area contributed by atoms with E-state index in [2.05, 4.69) is 17.2 Å². The van der Waals surface area contributed by atoms with Gasteiger partial charge in [0.1, 0.15) is 0 Å². The van der Waals surface area contributed by atoms with Crippen LogP contribution in [0.5, 0.6) is 0 Å². The van der Waals surface area contributed by atoms with Crippen LogP contribution in [0.2, 0.25) is 0 Å². The lowest BCUT2D eigenvalue weighted by Crippen LogP contribution is -2.61. The van der Waals surface area contributed by atoms with Gasteiger partial charge in [-0.3, -0.25) is 14.3 Å². The predicted octanol–water partition coefficient (Wildman–Crippen LogP) is 1.01. The number of hydrogen-bond donors (Lipinski definition) is 1. The molecule has 1 fully saturated rings. The number of aromatic nitrogens is 2. The topological polar surface area (TPSA) is 92.0 Å². The summed E-state index contributed by atoms with van der Waals surface area (Å²) >= 11 is 0. The van der Waals surface area contributed by atoms with Crippen molar-refractivity contribution in [2.45, 2.75) is 33.2 Å². The number of benzene rings is 1. The molecule has 10 nitrogen and oxygen atoms in total. The van der Waals surface area contributed by atoms with E-state index >= 15 is 0 Å². The minimum Gasteiger partial charge on any atom is -0.327 e. The monoisotopic (exact) mass is 520 g/mol. The molecule has 2 aliphatic heterocycles. The van der Waals surface area contributed by atoms with E-state index in [1.807, 2.05) is 6.07 Å². The maximum atomic E-state index is 13.5. The number of nitrogens with zero attached hydrogens (tertiary/aromatic N) is 5. The Bertz CT molecular complexity index is 1380. The molecule has 1 unspecified atom stereocenters. The fourth-order valence-corrected chi connectivity index (χ4v) is 4.62. The molecule has 1 N–H and O–H groups in total. The van der Waals surface area contributed by atoms with E-state index < -0.39 is 29.7 Å². The van der Waals surface area contributed by atoms with E-state index in [4.69, 9.17) is 4.84 Å². The Morgan fingerprint density at radius 3 is 2.32 bits per heavy atom. The Morgan fingerprint density at radius 2 is 1.76 bits per heavy atom. The number of fused-ring (bicyclic) bond motifs is 1. The highest BCUT2D eigenvalue weighted by molar-refractivity contribution is 5.80. The molecule has 0 saturated carbocycles. The number of hydroxylamine groups is 1. The number of anilines is 2. The fraction of sp³-hybridized carbons (Fsp3) is 0.458. The van der Waals surface area contributed by atoms with Gasteiger partial charge in [0.15, 0.2) is 17.8 Å². The molecular formula is C24H27F3N6O4. The number of aryl methyl sites for hydroxylation is 2. The SMILES string of the molecule is CC#CCN1c2c(n(-c3cc(C)cc(C)c3)c(=O)n(C)c2=O)N(OC(=O)C(F)(F)F)C1N1CCNCC1. The third kappa shape index (κ3) is 4.82. The van der Waals surface area contributed by atoms with Crippen molar-refractivity contribution in [3.05, 3.63) is 50.2 Å². The van der Waals surface area contributed by atoms with Crippen LogP contribution in [-0.2, 0) is 16.7 Å². The van der Waals surface area contributed by atoms with Gasteiger partial charge in [0.05, 0.1) is 12.2 Å². The van der Waals surface area contributed by atoms with Gasteiger partial charge in [-0.15, -0.1) is 11.0 Å². The van der Waals surface area contributed by atoms with Gasteiger partial charge < -0.3 is 15.1 Å². The van der Waals surface area contributed by atoms with Gasteiger partial charge in [-0.1, -0.05) is 12.0 Å². The van der Waals surface area contributed by atoms with Crippen LogP contribution in [0.25, 0.3) is 5.69 Å². The molecule has 0 radical (unpaired) electrons. The quantitative estimate of drug-likeness (QED) is 0.598. The van der Waals surface area contributed by atoms with E-state index in [0.29, 0.717) is 31.9 Å². The average molecular weight is 521 g/mol. The second kappa shape index (κ2) is 9.95. The molecule has 1 aromatic carbocycles. The van der Waals surface area contributed by atoms with Crippen molar-refractivity contribution in [1.29, 1.82) is 0 Å². The molecule has 0 amide bonds. The molecule has 0 aliphatic carbocycles. The molecular weight excluding hydrogens is 493 g/mol. The first-order valence-corrected chi connectivity index (χ1v) is 11.6.